The van der Waals surface area contributed by atoms with Gasteiger partial charge in [-0.25, -0.2) is 0 Å². The van der Waals surface area contributed by atoms with Crippen LogP contribution < -0.4 is 0 Å². The summed E-state index contributed by atoms with van der Waals surface area (Å²) in [5.74, 6) is 1.20. The molecule has 16 heavy (non-hydrogen) atoms. The highest BCUT2D eigenvalue weighted by Gasteiger charge is 2.47. The van der Waals surface area contributed by atoms with Gasteiger partial charge in [0.15, 0.2) is 0 Å². The summed E-state index contributed by atoms with van der Waals surface area (Å²) in [4.78, 5) is 0. The second-order valence-corrected chi connectivity index (χ2v) is 5.60. The highest BCUT2D eigenvalue weighted by Crippen LogP contribution is 2.45. The molecule has 1 rings (SSSR count). The lowest BCUT2D eigenvalue weighted by molar-refractivity contribution is -0.0541. The minimum absolute atomic E-state index is 0.355. The number of hydrogen-bond acceptors (Lipinski definition) is 2. The van der Waals surface area contributed by atoms with Crippen molar-refractivity contribution in [3.63, 3.8) is 0 Å². The minimum Gasteiger partial charge on any atom is -0.495 e. The van der Waals surface area contributed by atoms with Crippen molar-refractivity contribution in [3.05, 3.63) is 24.5 Å². The summed E-state index contributed by atoms with van der Waals surface area (Å²) < 4.78 is 5.73. The fraction of sp³-hybridized carbons (Fsp3) is 0.714. The normalized spacial score (nSPS) is 25.8. The Kier molecular flexibility index (Phi) is 3.84. The fourth-order valence-electron chi connectivity index (χ4n) is 1.95. The van der Waals surface area contributed by atoms with E-state index in [-0.39, 0.29) is 5.41 Å². The highest BCUT2D eigenvalue weighted by atomic mass is 16.5. The maximum absolute atomic E-state index is 10.7. The quantitative estimate of drug-likeness (QED) is 0.726. The molecule has 2 heteroatoms. The zero-order valence-electron chi connectivity index (χ0n) is 10.9. The third-order valence-electron chi connectivity index (χ3n) is 3.39. The molecule has 0 spiro atoms. The molecule has 2 nitrogen and oxygen atoms in total. The van der Waals surface area contributed by atoms with Crippen LogP contribution in [-0.4, -0.2) is 17.3 Å². The third kappa shape index (κ3) is 2.32. The van der Waals surface area contributed by atoms with Gasteiger partial charge in [-0.05, 0) is 24.8 Å². The van der Waals surface area contributed by atoms with E-state index in [1.807, 2.05) is 26.0 Å². The Morgan fingerprint density at radius 2 is 2.25 bits per heavy atom. The van der Waals surface area contributed by atoms with E-state index in [1.54, 1.807) is 0 Å². The Hall–Kier alpha value is -0.760. The van der Waals surface area contributed by atoms with E-state index < -0.39 is 5.60 Å². The molecule has 0 bridgehead atoms. The topological polar surface area (TPSA) is 29.5 Å². The van der Waals surface area contributed by atoms with Gasteiger partial charge in [-0.3, -0.25) is 0 Å². The van der Waals surface area contributed by atoms with Crippen LogP contribution in [-0.2, 0) is 4.74 Å². The van der Waals surface area contributed by atoms with E-state index in [0.717, 1.165) is 18.6 Å². The zero-order valence-corrected chi connectivity index (χ0v) is 10.9. The van der Waals surface area contributed by atoms with Gasteiger partial charge in [-0.15, -0.1) is 6.58 Å². The Morgan fingerprint density at radius 3 is 2.75 bits per heavy atom. The van der Waals surface area contributed by atoms with Gasteiger partial charge in [0.2, 0.25) is 0 Å². The van der Waals surface area contributed by atoms with Crippen LogP contribution in [0.4, 0.5) is 0 Å². The molecule has 0 aromatic heterocycles. The number of rotatable bonds is 5. The minimum atomic E-state index is -0.885. The van der Waals surface area contributed by atoms with Gasteiger partial charge in [-0.1, -0.05) is 33.8 Å². The van der Waals surface area contributed by atoms with Gasteiger partial charge in [0.1, 0.15) is 11.4 Å². The van der Waals surface area contributed by atoms with E-state index in [0.29, 0.717) is 12.5 Å². The van der Waals surface area contributed by atoms with E-state index in [2.05, 4.69) is 20.4 Å². The Bertz CT molecular complexity index is 289. The Morgan fingerprint density at radius 1 is 1.62 bits per heavy atom. The van der Waals surface area contributed by atoms with Crippen molar-refractivity contribution in [3.8, 4) is 0 Å². The van der Waals surface area contributed by atoms with Crippen LogP contribution in [0.3, 0.4) is 0 Å². The fourth-order valence-corrected chi connectivity index (χ4v) is 1.95. The maximum atomic E-state index is 10.7. The molecule has 1 atom stereocenters. The molecule has 1 unspecified atom stereocenters. The predicted octanol–water partition coefficient (Wildman–Crippen LogP) is 3.28. The van der Waals surface area contributed by atoms with Crippen molar-refractivity contribution in [2.45, 2.75) is 46.1 Å². The van der Waals surface area contributed by atoms with E-state index in [1.165, 1.54) is 0 Å². The molecule has 0 aromatic rings. The number of ether oxygens (including phenoxy) is 1. The summed E-state index contributed by atoms with van der Waals surface area (Å²) in [7, 11) is 0. The van der Waals surface area contributed by atoms with Crippen LogP contribution >= 0.6 is 0 Å². The van der Waals surface area contributed by atoms with Crippen molar-refractivity contribution in [2.75, 3.05) is 6.61 Å². The molecule has 92 valence electrons. The number of aliphatic hydroxyl groups is 1. The van der Waals surface area contributed by atoms with Crippen LogP contribution in [0, 0.1) is 11.3 Å². The van der Waals surface area contributed by atoms with Crippen molar-refractivity contribution in [2.24, 2.45) is 11.3 Å². The zero-order chi connectivity index (χ0) is 12.4. The molecule has 1 aliphatic carbocycles. The van der Waals surface area contributed by atoms with Crippen molar-refractivity contribution < 1.29 is 9.84 Å². The first-order chi connectivity index (χ1) is 7.33. The lowest BCUT2D eigenvalue weighted by Crippen LogP contribution is -2.44. The van der Waals surface area contributed by atoms with Gasteiger partial charge in [0.05, 0.1) is 6.61 Å². The molecule has 0 amide bonds. The van der Waals surface area contributed by atoms with Gasteiger partial charge in [0, 0.05) is 5.41 Å². The summed E-state index contributed by atoms with van der Waals surface area (Å²) in [6.45, 7) is 12.7. The molecule has 0 saturated heterocycles. The van der Waals surface area contributed by atoms with Gasteiger partial charge in [-0.2, -0.15) is 0 Å². The van der Waals surface area contributed by atoms with Gasteiger partial charge < -0.3 is 9.84 Å². The molecule has 0 fully saturated rings. The van der Waals surface area contributed by atoms with Gasteiger partial charge >= 0.3 is 0 Å². The van der Waals surface area contributed by atoms with Crippen LogP contribution in [0.15, 0.2) is 24.5 Å². The van der Waals surface area contributed by atoms with E-state index >= 15 is 0 Å². The summed E-state index contributed by atoms with van der Waals surface area (Å²) in [6.07, 6.45) is 5.42. The Balaban J connectivity index is 2.81. The second kappa shape index (κ2) is 4.62. The highest BCUT2D eigenvalue weighted by molar-refractivity contribution is 5.24. The molecule has 0 heterocycles. The van der Waals surface area contributed by atoms with Crippen molar-refractivity contribution >= 4 is 0 Å². The summed E-state index contributed by atoms with van der Waals surface area (Å²) >= 11 is 0. The molecule has 1 aliphatic rings. The second-order valence-electron chi connectivity index (χ2n) is 5.60. The number of allylic oxidation sites excluding steroid dienone is 1. The lowest BCUT2D eigenvalue weighted by atomic mass is 9.73. The SMILES string of the molecule is C=CC(C)(C)C1(O)CCC=C1OCC(C)C. The maximum Gasteiger partial charge on any atom is 0.130 e. The van der Waals surface area contributed by atoms with Crippen molar-refractivity contribution in [1.29, 1.82) is 0 Å². The lowest BCUT2D eigenvalue weighted by Gasteiger charge is -2.39. The largest absolute Gasteiger partial charge is 0.495 e. The first-order valence-corrected chi connectivity index (χ1v) is 6.03. The summed E-state index contributed by atoms with van der Waals surface area (Å²) in [5, 5.41) is 10.7. The number of hydrogen-bond donors (Lipinski definition) is 1. The van der Waals surface area contributed by atoms with Crippen LogP contribution in [0.25, 0.3) is 0 Å². The third-order valence-corrected chi connectivity index (χ3v) is 3.39. The molecule has 0 saturated carbocycles. The molecular weight excluding hydrogens is 200 g/mol. The standard InChI is InChI=1S/C14H24O2/c1-6-13(4,5)14(15)9-7-8-12(14)16-10-11(2)3/h6,8,11,15H,1,7,9-10H2,2-5H3. The van der Waals surface area contributed by atoms with E-state index in [4.69, 9.17) is 4.74 Å². The molecule has 0 aromatic carbocycles. The average molecular weight is 224 g/mol. The van der Waals surface area contributed by atoms with Crippen LogP contribution in [0.2, 0.25) is 0 Å². The average Bonchev–Trinajstić information content (AvgIpc) is 2.58. The van der Waals surface area contributed by atoms with Crippen molar-refractivity contribution in [1.82, 2.24) is 0 Å². The van der Waals surface area contributed by atoms with Crippen LogP contribution in [0.1, 0.15) is 40.5 Å². The predicted molar refractivity (Wildman–Crippen MR) is 67.0 cm³/mol. The summed E-state index contributed by atoms with van der Waals surface area (Å²) in [5.41, 5.74) is -1.24. The first kappa shape index (κ1) is 13.3. The molecule has 0 aliphatic heterocycles. The first-order valence-electron chi connectivity index (χ1n) is 6.03. The molecular formula is C14H24O2. The van der Waals surface area contributed by atoms with Crippen LogP contribution in [0.5, 0.6) is 0 Å². The summed E-state index contributed by atoms with van der Waals surface area (Å²) in [6, 6.07) is 0. The monoisotopic (exact) mass is 224 g/mol. The van der Waals surface area contributed by atoms with E-state index in [9.17, 15) is 5.11 Å². The molecule has 0 radical (unpaired) electrons. The van der Waals surface area contributed by atoms with Gasteiger partial charge in [0.25, 0.3) is 0 Å². The Labute approximate surface area is 99.0 Å². The smallest absolute Gasteiger partial charge is 0.130 e. The molecule has 1 N–H and O–H groups in total.